The van der Waals surface area contributed by atoms with Crippen molar-refractivity contribution in [2.45, 2.75) is 13.5 Å². The zero-order chi connectivity index (χ0) is 13.9. The average Bonchev–Trinajstić information content (AvgIpc) is 2.48. The van der Waals surface area contributed by atoms with E-state index < -0.39 is 0 Å². The number of aromatic nitrogens is 2. The van der Waals surface area contributed by atoms with Crippen LogP contribution in [0.4, 0.5) is 10.1 Å². The lowest BCUT2D eigenvalue weighted by molar-refractivity contribution is 0.619. The number of nitrogens with zero attached hydrogens (tertiary/aromatic N) is 2. The van der Waals surface area contributed by atoms with Gasteiger partial charge in [-0.25, -0.2) is 9.37 Å². The van der Waals surface area contributed by atoms with Crippen LogP contribution in [0.2, 0.25) is 0 Å². The highest BCUT2D eigenvalue weighted by Gasteiger charge is 2.04. The minimum atomic E-state index is -0.209. The van der Waals surface area contributed by atoms with Crippen molar-refractivity contribution in [3.8, 4) is 0 Å². The molecule has 4 heteroatoms. The van der Waals surface area contributed by atoms with Gasteiger partial charge in [0.1, 0.15) is 5.82 Å². The third-order valence-electron chi connectivity index (χ3n) is 3.23. The van der Waals surface area contributed by atoms with Gasteiger partial charge in [0.15, 0.2) is 0 Å². The maximum absolute atomic E-state index is 13.4. The van der Waals surface area contributed by atoms with E-state index in [9.17, 15) is 4.39 Å². The number of hydrogen-bond acceptors (Lipinski definition) is 3. The second-order valence-corrected chi connectivity index (χ2v) is 4.62. The first-order valence-corrected chi connectivity index (χ1v) is 6.44. The SMILES string of the molecule is Cc1c(F)cccc1NCc1cnc2ccccc2n1. The molecule has 0 unspecified atom stereocenters. The normalized spacial score (nSPS) is 10.7. The first-order chi connectivity index (χ1) is 9.74. The summed E-state index contributed by atoms with van der Waals surface area (Å²) in [6.07, 6.45) is 1.74. The molecule has 0 atom stereocenters. The largest absolute Gasteiger partial charge is 0.379 e. The second-order valence-electron chi connectivity index (χ2n) is 4.62. The Morgan fingerprint density at radius 3 is 2.70 bits per heavy atom. The number of hydrogen-bond donors (Lipinski definition) is 1. The number of fused-ring (bicyclic) bond motifs is 1. The average molecular weight is 267 g/mol. The van der Waals surface area contributed by atoms with Crippen LogP contribution < -0.4 is 5.32 Å². The van der Waals surface area contributed by atoms with Crippen LogP contribution in [0.25, 0.3) is 11.0 Å². The minimum Gasteiger partial charge on any atom is -0.379 e. The smallest absolute Gasteiger partial charge is 0.128 e. The van der Waals surface area contributed by atoms with Crippen molar-refractivity contribution in [2.75, 3.05) is 5.32 Å². The standard InChI is InChI=1S/C16H14FN3/c1-11-13(17)5-4-8-14(11)18-9-12-10-19-15-6-2-3-7-16(15)20-12/h2-8,10,18H,9H2,1H3. The van der Waals surface area contributed by atoms with E-state index in [1.54, 1.807) is 19.2 Å². The van der Waals surface area contributed by atoms with E-state index in [1.165, 1.54) is 6.07 Å². The van der Waals surface area contributed by atoms with E-state index in [2.05, 4.69) is 15.3 Å². The molecule has 1 aromatic heterocycles. The third kappa shape index (κ3) is 2.45. The maximum atomic E-state index is 13.4. The Morgan fingerprint density at radius 2 is 1.85 bits per heavy atom. The molecule has 1 heterocycles. The molecule has 1 N–H and O–H groups in total. The summed E-state index contributed by atoms with van der Waals surface area (Å²) in [5, 5.41) is 3.19. The van der Waals surface area contributed by atoms with Gasteiger partial charge in [-0.15, -0.1) is 0 Å². The Morgan fingerprint density at radius 1 is 1.05 bits per heavy atom. The van der Waals surface area contributed by atoms with Gasteiger partial charge < -0.3 is 5.32 Å². The van der Waals surface area contributed by atoms with E-state index in [4.69, 9.17) is 0 Å². The van der Waals surface area contributed by atoms with E-state index in [-0.39, 0.29) is 5.82 Å². The molecule has 0 bridgehead atoms. The molecule has 3 nitrogen and oxygen atoms in total. The molecule has 2 aromatic carbocycles. The van der Waals surface area contributed by atoms with Crippen molar-refractivity contribution in [3.63, 3.8) is 0 Å². The maximum Gasteiger partial charge on any atom is 0.128 e. The Kier molecular flexibility index (Phi) is 3.29. The third-order valence-corrected chi connectivity index (χ3v) is 3.23. The van der Waals surface area contributed by atoms with Crippen LogP contribution in [0, 0.1) is 12.7 Å². The number of para-hydroxylation sites is 2. The fourth-order valence-electron chi connectivity index (χ4n) is 2.07. The van der Waals surface area contributed by atoms with E-state index in [0.29, 0.717) is 12.1 Å². The number of benzene rings is 2. The van der Waals surface area contributed by atoms with Crippen molar-refractivity contribution < 1.29 is 4.39 Å². The molecule has 0 saturated heterocycles. The number of anilines is 1. The molecular formula is C16H14FN3. The number of rotatable bonds is 3. The van der Waals surface area contributed by atoms with E-state index >= 15 is 0 Å². The van der Waals surface area contributed by atoms with Crippen LogP contribution in [-0.2, 0) is 6.54 Å². The highest BCUT2D eigenvalue weighted by molar-refractivity contribution is 5.73. The summed E-state index contributed by atoms with van der Waals surface area (Å²) in [6, 6.07) is 12.7. The van der Waals surface area contributed by atoms with Gasteiger partial charge in [0.05, 0.1) is 29.5 Å². The minimum absolute atomic E-state index is 0.209. The van der Waals surface area contributed by atoms with Gasteiger partial charge in [0.2, 0.25) is 0 Å². The van der Waals surface area contributed by atoms with Crippen molar-refractivity contribution in [3.05, 3.63) is 65.7 Å². The Labute approximate surface area is 116 Å². The number of nitrogens with one attached hydrogen (secondary N) is 1. The van der Waals surface area contributed by atoms with Gasteiger partial charge in [0.25, 0.3) is 0 Å². The monoisotopic (exact) mass is 267 g/mol. The lowest BCUT2D eigenvalue weighted by Crippen LogP contribution is -2.04. The van der Waals surface area contributed by atoms with Crippen LogP contribution in [0.5, 0.6) is 0 Å². The Balaban J connectivity index is 1.81. The van der Waals surface area contributed by atoms with Crippen LogP contribution in [0.1, 0.15) is 11.3 Å². The number of halogens is 1. The van der Waals surface area contributed by atoms with Gasteiger partial charge in [0, 0.05) is 11.3 Å². The van der Waals surface area contributed by atoms with Crippen LogP contribution in [0.3, 0.4) is 0 Å². The Hall–Kier alpha value is -2.49. The fourth-order valence-corrected chi connectivity index (χ4v) is 2.07. The summed E-state index contributed by atoms with van der Waals surface area (Å²) in [5.74, 6) is -0.209. The van der Waals surface area contributed by atoms with E-state index in [0.717, 1.165) is 22.4 Å². The van der Waals surface area contributed by atoms with Gasteiger partial charge in [-0.3, -0.25) is 4.98 Å². The van der Waals surface area contributed by atoms with Gasteiger partial charge in [-0.05, 0) is 31.2 Å². The predicted octanol–water partition coefficient (Wildman–Crippen LogP) is 3.69. The van der Waals surface area contributed by atoms with Crippen LogP contribution >= 0.6 is 0 Å². The van der Waals surface area contributed by atoms with Crippen molar-refractivity contribution in [1.82, 2.24) is 9.97 Å². The summed E-state index contributed by atoms with van der Waals surface area (Å²) in [6.45, 7) is 2.27. The second kappa shape index (κ2) is 5.25. The fraction of sp³-hybridized carbons (Fsp3) is 0.125. The molecule has 0 aliphatic carbocycles. The van der Waals surface area contributed by atoms with Crippen molar-refractivity contribution in [1.29, 1.82) is 0 Å². The van der Waals surface area contributed by atoms with Crippen LogP contribution in [0.15, 0.2) is 48.7 Å². The topological polar surface area (TPSA) is 37.8 Å². The quantitative estimate of drug-likeness (QED) is 0.786. The van der Waals surface area contributed by atoms with Crippen molar-refractivity contribution >= 4 is 16.7 Å². The first kappa shape index (κ1) is 12.5. The lowest BCUT2D eigenvalue weighted by atomic mass is 10.2. The molecule has 0 radical (unpaired) electrons. The summed E-state index contributed by atoms with van der Waals surface area (Å²) >= 11 is 0. The molecule has 0 fully saturated rings. The molecule has 3 rings (SSSR count). The molecule has 0 aliphatic heterocycles. The summed E-state index contributed by atoms with van der Waals surface area (Å²) in [4.78, 5) is 8.88. The van der Waals surface area contributed by atoms with Gasteiger partial charge in [-0.1, -0.05) is 18.2 Å². The van der Waals surface area contributed by atoms with E-state index in [1.807, 2.05) is 30.3 Å². The predicted molar refractivity (Wildman–Crippen MR) is 78.0 cm³/mol. The molecule has 20 heavy (non-hydrogen) atoms. The first-order valence-electron chi connectivity index (χ1n) is 6.44. The zero-order valence-corrected chi connectivity index (χ0v) is 11.1. The van der Waals surface area contributed by atoms with Crippen LogP contribution in [-0.4, -0.2) is 9.97 Å². The molecule has 0 saturated carbocycles. The molecule has 100 valence electrons. The Bertz CT molecular complexity index is 756. The molecule has 0 aliphatic rings. The summed E-state index contributed by atoms with van der Waals surface area (Å²) in [5.41, 5.74) is 3.95. The molecule has 0 amide bonds. The molecule has 3 aromatic rings. The zero-order valence-electron chi connectivity index (χ0n) is 11.1. The lowest BCUT2D eigenvalue weighted by Gasteiger charge is -2.09. The summed E-state index contributed by atoms with van der Waals surface area (Å²) < 4.78 is 13.4. The highest BCUT2D eigenvalue weighted by atomic mass is 19.1. The molecule has 0 spiro atoms. The van der Waals surface area contributed by atoms with Gasteiger partial charge in [-0.2, -0.15) is 0 Å². The van der Waals surface area contributed by atoms with Gasteiger partial charge >= 0.3 is 0 Å². The molecular weight excluding hydrogens is 253 g/mol. The summed E-state index contributed by atoms with van der Waals surface area (Å²) in [7, 11) is 0. The highest BCUT2D eigenvalue weighted by Crippen LogP contribution is 2.18. The van der Waals surface area contributed by atoms with Crippen molar-refractivity contribution in [2.24, 2.45) is 0 Å².